The van der Waals surface area contributed by atoms with Crippen LogP contribution in [0.3, 0.4) is 0 Å². The van der Waals surface area contributed by atoms with E-state index in [9.17, 15) is 9.59 Å². The maximum absolute atomic E-state index is 10.8. The van der Waals surface area contributed by atoms with Crippen molar-refractivity contribution in [2.45, 2.75) is 34.1 Å². The molecule has 0 radical (unpaired) electrons. The third-order valence-electron chi connectivity index (χ3n) is 1.51. The van der Waals surface area contributed by atoms with Gasteiger partial charge in [0.05, 0.1) is 0 Å². The van der Waals surface area contributed by atoms with Crippen LogP contribution in [0.5, 0.6) is 0 Å². The Hall–Kier alpha value is -1.06. The fraction of sp³-hybridized carbons (Fsp3) is 0.800. The van der Waals surface area contributed by atoms with E-state index in [4.69, 9.17) is 0 Å². The van der Waals surface area contributed by atoms with Crippen LogP contribution in [0.25, 0.3) is 0 Å². The van der Waals surface area contributed by atoms with Crippen molar-refractivity contribution in [3.8, 4) is 0 Å². The Morgan fingerprint density at radius 3 is 2.14 bits per heavy atom. The van der Waals surface area contributed by atoms with Crippen LogP contribution in [-0.2, 0) is 9.59 Å². The van der Waals surface area contributed by atoms with Crippen molar-refractivity contribution in [1.29, 1.82) is 0 Å². The number of rotatable bonds is 4. The molecule has 0 rings (SSSR count). The van der Waals surface area contributed by atoms with Gasteiger partial charge in [0, 0.05) is 26.9 Å². The highest BCUT2D eigenvalue weighted by molar-refractivity contribution is 5.76. The molecule has 0 aliphatic rings. The maximum Gasteiger partial charge on any atom is 0.220 e. The van der Waals surface area contributed by atoms with E-state index < -0.39 is 0 Å². The van der Waals surface area contributed by atoms with Gasteiger partial charge in [-0.15, -0.1) is 0 Å². The summed E-state index contributed by atoms with van der Waals surface area (Å²) in [6.45, 7) is 7.94. The highest BCUT2D eigenvalue weighted by Gasteiger charge is 2.07. The standard InChI is InChI=1S/C8H16N2O2.C2H6/c1-6(4-8(12)9-3)5-10-7(2)11;1-2/h6H,4-5H2,1-3H3,(H,9,12)(H,10,11);1-2H3. The average molecular weight is 202 g/mol. The predicted molar refractivity (Wildman–Crippen MR) is 57.9 cm³/mol. The van der Waals surface area contributed by atoms with Crippen molar-refractivity contribution >= 4 is 11.8 Å². The molecule has 0 saturated carbocycles. The monoisotopic (exact) mass is 202 g/mol. The van der Waals surface area contributed by atoms with Crippen LogP contribution in [-0.4, -0.2) is 25.4 Å². The van der Waals surface area contributed by atoms with Crippen LogP contribution in [0.1, 0.15) is 34.1 Å². The van der Waals surface area contributed by atoms with Crippen LogP contribution in [0, 0.1) is 5.92 Å². The summed E-state index contributed by atoms with van der Waals surface area (Å²) in [6.07, 6.45) is 0.455. The zero-order valence-corrected chi connectivity index (χ0v) is 9.81. The molecule has 4 nitrogen and oxygen atoms in total. The number of hydrogen-bond donors (Lipinski definition) is 2. The molecule has 0 aromatic heterocycles. The fourth-order valence-electron chi connectivity index (χ4n) is 0.809. The number of amides is 2. The lowest BCUT2D eigenvalue weighted by Gasteiger charge is -2.09. The van der Waals surface area contributed by atoms with Gasteiger partial charge in [-0.1, -0.05) is 20.8 Å². The van der Waals surface area contributed by atoms with Crippen LogP contribution in [0.2, 0.25) is 0 Å². The first-order chi connectivity index (χ1) is 6.56. The molecule has 1 atom stereocenters. The van der Waals surface area contributed by atoms with E-state index in [0.717, 1.165) is 0 Å². The van der Waals surface area contributed by atoms with Gasteiger partial charge in [0.1, 0.15) is 0 Å². The summed E-state index contributed by atoms with van der Waals surface area (Å²) in [5.74, 6) is 0.139. The van der Waals surface area contributed by atoms with Crippen molar-refractivity contribution in [3.63, 3.8) is 0 Å². The van der Waals surface area contributed by atoms with Crippen molar-refractivity contribution in [2.24, 2.45) is 5.92 Å². The van der Waals surface area contributed by atoms with E-state index in [1.54, 1.807) is 7.05 Å². The topological polar surface area (TPSA) is 58.2 Å². The molecule has 0 bridgehead atoms. The van der Waals surface area contributed by atoms with Gasteiger partial charge in [-0.05, 0) is 5.92 Å². The van der Waals surface area contributed by atoms with E-state index >= 15 is 0 Å². The molecule has 14 heavy (non-hydrogen) atoms. The molecule has 2 amide bonds. The van der Waals surface area contributed by atoms with Gasteiger partial charge in [0.25, 0.3) is 0 Å². The first-order valence-corrected chi connectivity index (χ1v) is 5.01. The second-order valence-corrected chi connectivity index (χ2v) is 2.92. The van der Waals surface area contributed by atoms with Crippen LogP contribution >= 0.6 is 0 Å². The molecule has 1 unspecified atom stereocenters. The second kappa shape index (κ2) is 10.0. The molecule has 0 saturated heterocycles. The first kappa shape index (κ1) is 15.4. The molecule has 0 aliphatic carbocycles. The normalized spacial score (nSPS) is 10.6. The Morgan fingerprint density at radius 1 is 1.29 bits per heavy atom. The Labute approximate surface area is 86.5 Å². The van der Waals surface area contributed by atoms with Crippen LogP contribution in [0.15, 0.2) is 0 Å². The minimum absolute atomic E-state index is 0.00727. The Balaban J connectivity index is 0. The van der Waals surface area contributed by atoms with Crippen LogP contribution < -0.4 is 10.6 Å². The average Bonchev–Trinajstić information content (AvgIpc) is 2.17. The molecule has 2 N–H and O–H groups in total. The molecule has 4 heteroatoms. The molecule has 0 aromatic carbocycles. The number of carbonyl (C=O) groups excluding carboxylic acids is 2. The first-order valence-electron chi connectivity index (χ1n) is 5.01. The smallest absolute Gasteiger partial charge is 0.220 e. The van der Waals surface area contributed by atoms with Gasteiger partial charge in [-0.25, -0.2) is 0 Å². The minimum atomic E-state index is -0.0567. The van der Waals surface area contributed by atoms with Crippen LogP contribution in [0.4, 0.5) is 0 Å². The zero-order valence-electron chi connectivity index (χ0n) is 9.81. The SMILES string of the molecule is CC.CNC(=O)CC(C)CNC(C)=O. The Morgan fingerprint density at radius 2 is 1.79 bits per heavy atom. The highest BCUT2D eigenvalue weighted by Crippen LogP contribution is 1.98. The van der Waals surface area contributed by atoms with E-state index in [0.29, 0.717) is 13.0 Å². The van der Waals surface area contributed by atoms with Crippen molar-refractivity contribution < 1.29 is 9.59 Å². The molecular weight excluding hydrogens is 180 g/mol. The zero-order chi connectivity index (χ0) is 11.6. The summed E-state index contributed by atoms with van der Waals surface area (Å²) in [5.41, 5.74) is 0. The summed E-state index contributed by atoms with van der Waals surface area (Å²) in [6, 6.07) is 0. The summed E-state index contributed by atoms with van der Waals surface area (Å²) in [4.78, 5) is 21.3. The number of nitrogens with one attached hydrogen (secondary N) is 2. The fourth-order valence-corrected chi connectivity index (χ4v) is 0.809. The molecule has 0 heterocycles. The summed E-state index contributed by atoms with van der Waals surface area (Å²) in [7, 11) is 1.60. The third kappa shape index (κ3) is 10.9. The molecule has 0 aromatic rings. The summed E-state index contributed by atoms with van der Waals surface area (Å²) < 4.78 is 0. The van der Waals surface area contributed by atoms with Gasteiger partial charge in [-0.2, -0.15) is 0 Å². The van der Waals surface area contributed by atoms with Gasteiger partial charge < -0.3 is 10.6 Å². The number of carbonyl (C=O) groups is 2. The van der Waals surface area contributed by atoms with Gasteiger partial charge in [0.15, 0.2) is 0 Å². The molecular formula is C10H22N2O2. The van der Waals surface area contributed by atoms with Gasteiger partial charge in [0.2, 0.25) is 11.8 Å². The van der Waals surface area contributed by atoms with Crippen molar-refractivity contribution in [1.82, 2.24) is 10.6 Å². The van der Waals surface area contributed by atoms with Gasteiger partial charge in [-0.3, -0.25) is 9.59 Å². The molecule has 0 fully saturated rings. The largest absolute Gasteiger partial charge is 0.359 e. The summed E-state index contributed by atoms with van der Waals surface area (Å²) in [5, 5.41) is 5.19. The second-order valence-electron chi connectivity index (χ2n) is 2.92. The van der Waals surface area contributed by atoms with E-state index in [-0.39, 0.29) is 17.7 Å². The van der Waals surface area contributed by atoms with Gasteiger partial charge >= 0.3 is 0 Å². The molecule has 84 valence electrons. The quantitative estimate of drug-likeness (QED) is 0.712. The predicted octanol–water partition coefficient (Wildman–Crippen LogP) is 0.921. The lowest BCUT2D eigenvalue weighted by atomic mass is 10.1. The van der Waals surface area contributed by atoms with Crippen molar-refractivity contribution in [3.05, 3.63) is 0 Å². The number of hydrogen-bond acceptors (Lipinski definition) is 2. The molecule has 0 aliphatic heterocycles. The van der Waals surface area contributed by atoms with E-state index in [1.807, 2.05) is 20.8 Å². The van der Waals surface area contributed by atoms with E-state index in [1.165, 1.54) is 6.92 Å². The van der Waals surface area contributed by atoms with E-state index in [2.05, 4.69) is 10.6 Å². The molecule has 0 spiro atoms. The third-order valence-corrected chi connectivity index (χ3v) is 1.51. The van der Waals surface area contributed by atoms with Crippen molar-refractivity contribution in [2.75, 3.05) is 13.6 Å². The lowest BCUT2D eigenvalue weighted by molar-refractivity contribution is -0.122. The maximum atomic E-state index is 10.8. The minimum Gasteiger partial charge on any atom is -0.359 e. The lowest BCUT2D eigenvalue weighted by Crippen LogP contribution is -2.29. The Bertz CT molecular complexity index is 170. The Kier molecular flexibility index (Phi) is 11.0. The summed E-state index contributed by atoms with van der Waals surface area (Å²) >= 11 is 0. The highest BCUT2D eigenvalue weighted by atomic mass is 16.2.